The molecule has 2 aliphatic rings. The highest BCUT2D eigenvalue weighted by Gasteiger charge is 2.31. The highest BCUT2D eigenvalue weighted by Crippen LogP contribution is 2.34. The van der Waals surface area contributed by atoms with E-state index in [4.69, 9.17) is 9.47 Å². The van der Waals surface area contributed by atoms with Gasteiger partial charge < -0.3 is 18.9 Å². The minimum Gasteiger partial charge on any atom is -0.454 e. The van der Waals surface area contributed by atoms with E-state index in [0.717, 1.165) is 35.7 Å². The lowest BCUT2D eigenvalue weighted by atomic mass is 9.99. The highest BCUT2D eigenvalue weighted by atomic mass is 16.7. The lowest BCUT2D eigenvalue weighted by Crippen LogP contribution is -2.42. The van der Waals surface area contributed by atoms with Crippen LogP contribution in [0.5, 0.6) is 11.5 Å². The molecular weight excluding hydrogens is 352 g/mol. The molecular formula is C23H22N2O3. The molecule has 5 heteroatoms. The number of aryl methyl sites for hydroxylation is 1. The molecule has 0 unspecified atom stereocenters. The molecule has 1 atom stereocenters. The molecule has 5 rings (SSSR count). The number of benzene rings is 2. The SMILES string of the molecule is O=C(CCc1ccc2c(c1)OCO2)N1CCn2cccc2[C@@H]1c1ccccc1. The van der Waals surface area contributed by atoms with E-state index in [2.05, 4.69) is 35.0 Å². The Morgan fingerprint density at radius 1 is 0.964 bits per heavy atom. The maximum Gasteiger partial charge on any atom is 0.231 e. The number of carbonyl (C=O) groups excluding carboxylic acids is 1. The topological polar surface area (TPSA) is 43.7 Å². The molecule has 3 aromatic rings. The third-order valence-electron chi connectivity index (χ3n) is 5.54. The Morgan fingerprint density at radius 3 is 2.71 bits per heavy atom. The molecule has 0 bridgehead atoms. The summed E-state index contributed by atoms with van der Waals surface area (Å²) in [5.41, 5.74) is 3.42. The first kappa shape index (κ1) is 16.9. The molecule has 28 heavy (non-hydrogen) atoms. The first-order valence-corrected chi connectivity index (χ1v) is 9.67. The van der Waals surface area contributed by atoms with Gasteiger partial charge in [0.2, 0.25) is 12.7 Å². The smallest absolute Gasteiger partial charge is 0.231 e. The zero-order valence-electron chi connectivity index (χ0n) is 15.6. The number of carbonyl (C=O) groups is 1. The van der Waals surface area contributed by atoms with Gasteiger partial charge in [-0.15, -0.1) is 0 Å². The van der Waals surface area contributed by atoms with Crippen molar-refractivity contribution in [2.75, 3.05) is 13.3 Å². The number of rotatable bonds is 4. The summed E-state index contributed by atoms with van der Waals surface area (Å²) >= 11 is 0. The predicted molar refractivity (Wildman–Crippen MR) is 105 cm³/mol. The fraction of sp³-hybridized carbons (Fsp3) is 0.261. The van der Waals surface area contributed by atoms with E-state index in [0.29, 0.717) is 12.8 Å². The van der Waals surface area contributed by atoms with Crippen molar-refractivity contribution < 1.29 is 14.3 Å². The zero-order valence-corrected chi connectivity index (χ0v) is 15.6. The Hall–Kier alpha value is -3.21. The summed E-state index contributed by atoms with van der Waals surface area (Å²) in [6.07, 6.45) is 3.26. The van der Waals surface area contributed by atoms with E-state index >= 15 is 0 Å². The van der Waals surface area contributed by atoms with Gasteiger partial charge in [0.25, 0.3) is 0 Å². The molecule has 2 aliphatic heterocycles. The Bertz CT molecular complexity index is 996. The molecule has 1 amide bonds. The summed E-state index contributed by atoms with van der Waals surface area (Å²) in [7, 11) is 0. The molecule has 0 saturated carbocycles. The van der Waals surface area contributed by atoms with Crippen molar-refractivity contribution in [3.63, 3.8) is 0 Å². The van der Waals surface area contributed by atoms with Crippen molar-refractivity contribution in [3.8, 4) is 11.5 Å². The van der Waals surface area contributed by atoms with E-state index in [-0.39, 0.29) is 18.7 Å². The molecule has 0 spiro atoms. The average molecular weight is 374 g/mol. The van der Waals surface area contributed by atoms with E-state index in [9.17, 15) is 4.79 Å². The standard InChI is InChI=1S/C23H22N2O3/c26-22(11-9-17-8-10-20-21(15-17)28-16-27-20)25-14-13-24-12-4-7-19(24)23(25)18-5-2-1-3-6-18/h1-8,10,12,15,23H,9,11,13-14,16H2/t23-/m0/s1. The second kappa shape index (κ2) is 7.08. The van der Waals surface area contributed by atoms with Crippen LogP contribution in [-0.2, 0) is 17.8 Å². The van der Waals surface area contributed by atoms with Crippen LogP contribution >= 0.6 is 0 Å². The number of nitrogens with zero attached hydrogens (tertiary/aromatic N) is 2. The normalized spacial score (nSPS) is 17.4. The van der Waals surface area contributed by atoms with Crippen LogP contribution in [0.1, 0.15) is 29.3 Å². The van der Waals surface area contributed by atoms with Gasteiger partial charge in [0, 0.05) is 31.4 Å². The molecule has 0 fully saturated rings. The Balaban J connectivity index is 1.36. The molecule has 2 aromatic carbocycles. The van der Waals surface area contributed by atoms with Crippen LogP contribution in [0.4, 0.5) is 0 Å². The molecule has 0 saturated heterocycles. The van der Waals surface area contributed by atoms with Gasteiger partial charge in [-0.2, -0.15) is 0 Å². The number of hydrogen-bond acceptors (Lipinski definition) is 3. The van der Waals surface area contributed by atoms with Crippen LogP contribution < -0.4 is 9.47 Å². The quantitative estimate of drug-likeness (QED) is 0.698. The maximum atomic E-state index is 13.2. The molecule has 142 valence electrons. The van der Waals surface area contributed by atoms with Gasteiger partial charge in [0.1, 0.15) is 0 Å². The summed E-state index contributed by atoms with van der Waals surface area (Å²) in [6.45, 7) is 1.83. The van der Waals surface area contributed by atoms with Gasteiger partial charge in [-0.1, -0.05) is 36.4 Å². The van der Waals surface area contributed by atoms with Crippen LogP contribution in [0.3, 0.4) is 0 Å². The van der Waals surface area contributed by atoms with Crippen molar-refractivity contribution in [1.82, 2.24) is 9.47 Å². The second-order valence-corrected chi connectivity index (χ2v) is 7.21. The van der Waals surface area contributed by atoms with Crippen LogP contribution in [0.25, 0.3) is 0 Å². The fourth-order valence-corrected chi connectivity index (χ4v) is 4.13. The van der Waals surface area contributed by atoms with Crippen molar-refractivity contribution in [2.45, 2.75) is 25.4 Å². The van der Waals surface area contributed by atoms with Gasteiger partial charge in [0.05, 0.1) is 6.04 Å². The summed E-state index contributed by atoms with van der Waals surface area (Å²) in [5.74, 6) is 1.72. The van der Waals surface area contributed by atoms with Crippen molar-refractivity contribution in [2.24, 2.45) is 0 Å². The number of fused-ring (bicyclic) bond motifs is 2. The Kier molecular flexibility index (Phi) is 4.28. The maximum absolute atomic E-state index is 13.2. The number of hydrogen-bond donors (Lipinski definition) is 0. The monoisotopic (exact) mass is 374 g/mol. The van der Waals surface area contributed by atoms with Crippen molar-refractivity contribution in [1.29, 1.82) is 0 Å². The van der Waals surface area contributed by atoms with E-state index in [1.165, 1.54) is 5.69 Å². The van der Waals surface area contributed by atoms with E-state index in [1.54, 1.807) is 0 Å². The Morgan fingerprint density at radius 2 is 1.82 bits per heavy atom. The van der Waals surface area contributed by atoms with Gasteiger partial charge >= 0.3 is 0 Å². The molecule has 0 N–H and O–H groups in total. The molecule has 3 heterocycles. The number of amides is 1. The van der Waals surface area contributed by atoms with Gasteiger partial charge in [-0.05, 0) is 41.8 Å². The minimum atomic E-state index is -0.0331. The lowest BCUT2D eigenvalue weighted by Gasteiger charge is -2.37. The summed E-state index contributed by atoms with van der Waals surface area (Å²) in [6, 6.07) is 20.3. The Labute approximate surface area is 164 Å². The molecule has 5 nitrogen and oxygen atoms in total. The summed E-state index contributed by atoms with van der Waals surface area (Å²) in [4.78, 5) is 15.2. The minimum absolute atomic E-state index is 0.0331. The molecule has 0 aliphatic carbocycles. The highest BCUT2D eigenvalue weighted by molar-refractivity contribution is 5.77. The van der Waals surface area contributed by atoms with Crippen LogP contribution in [0, 0.1) is 0 Å². The van der Waals surface area contributed by atoms with E-state index < -0.39 is 0 Å². The summed E-state index contributed by atoms with van der Waals surface area (Å²) in [5, 5.41) is 0. The molecule has 0 radical (unpaired) electrons. The van der Waals surface area contributed by atoms with E-state index in [1.807, 2.05) is 41.3 Å². The van der Waals surface area contributed by atoms with Gasteiger partial charge in [0.15, 0.2) is 11.5 Å². The predicted octanol–water partition coefficient (Wildman–Crippen LogP) is 3.78. The number of aromatic nitrogens is 1. The number of ether oxygens (including phenoxy) is 2. The lowest BCUT2D eigenvalue weighted by molar-refractivity contribution is -0.133. The van der Waals surface area contributed by atoms with Crippen LogP contribution in [0.2, 0.25) is 0 Å². The summed E-state index contributed by atoms with van der Waals surface area (Å²) < 4.78 is 13.1. The third kappa shape index (κ3) is 3.03. The first-order valence-electron chi connectivity index (χ1n) is 9.67. The third-order valence-corrected chi connectivity index (χ3v) is 5.54. The fourth-order valence-electron chi connectivity index (χ4n) is 4.13. The van der Waals surface area contributed by atoms with Crippen LogP contribution in [-0.4, -0.2) is 28.7 Å². The zero-order chi connectivity index (χ0) is 18.9. The van der Waals surface area contributed by atoms with Crippen LogP contribution in [0.15, 0.2) is 66.9 Å². The first-order chi connectivity index (χ1) is 13.8. The molecule has 1 aromatic heterocycles. The second-order valence-electron chi connectivity index (χ2n) is 7.21. The van der Waals surface area contributed by atoms with Gasteiger partial charge in [-0.25, -0.2) is 0 Å². The average Bonchev–Trinajstić information content (AvgIpc) is 3.40. The van der Waals surface area contributed by atoms with Crippen molar-refractivity contribution >= 4 is 5.91 Å². The largest absolute Gasteiger partial charge is 0.454 e. The van der Waals surface area contributed by atoms with Crippen molar-refractivity contribution in [3.05, 3.63) is 83.7 Å². The van der Waals surface area contributed by atoms with Gasteiger partial charge in [-0.3, -0.25) is 4.79 Å².